The summed E-state index contributed by atoms with van der Waals surface area (Å²) in [4.78, 5) is 14.6. The number of amides is 1. The molecular weight excluding hydrogens is 426 g/mol. The molecule has 33 heavy (non-hydrogen) atoms. The highest BCUT2D eigenvalue weighted by Crippen LogP contribution is 2.39. The van der Waals surface area contributed by atoms with E-state index in [9.17, 15) is 4.79 Å². The molecule has 1 aliphatic carbocycles. The van der Waals surface area contributed by atoms with E-state index in [1.165, 1.54) is 45.7 Å². The fourth-order valence-corrected chi connectivity index (χ4v) is 3.63. The second-order valence-electron chi connectivity index (χ2n) is 7.26. The van der Waals surface area contributed by atoms with Crippen LogP contribution in [0.1, 0.15) is 18.4 Å². The molecule has 0 saturated carbocycles. The van der Waals surface area contributed by atoms with Crippen molar-refractivity contribution in [1.82, 2.24) is 10.3 Å². The van der Waals surface area contributed by atoms with Gasteiger partial charge < -0.3 is 28.6 Å². The lowest BCUT2D eigenvalue weighted by molar-refractivity contribution is -0.116. The number of allylic oxidation sites excluding steroid dienone is 3. The Morgan fingerprint density at radius 1 is 1.15 bits per heavy atom. The first-order valence-corrected chi connectivity index (χ1v) is 10.3. The van der Waals surface area contributed by atoms with Gasteiger partial charge >= 0.3 is 0 Å². The molecule has 1 aromatic carbocycles. The van der Waals surface area contributed by atoms with E-state index < -0.39 is 0 Å². The first kappa shape index (κ1) is 22.1. The Balaban J connectivity index is 1.73. The van der Waals surface area contributed by atoms with Crippen LogP contribution in [0.15, 0.2) is 77.5 Å². The van der Waals surface area contributed by atoms with Gasteiger partial charge in [-0.15, -0.1) is 0 Å². The SMILES string of the molecule is COc1cc(C2=NNC(=O)C2=CN(CC2=CC=CCC2)C2=COC=CO2)cc(OC)c1OC. The molecular formula is C24H25N3O6. The monoisotopic (exact) mass is 451 g/mol. The van der Waals surface area contributed by atoms with E-state index >= 15 is 0 Å². The molecule has 0 aromatic heterocycles. The third-order valence-corrected chi connectivity index (χ3v) is 5.24. The van der Waals surface area contributed by atoms with Gasteiger partial charge in [-0.2, -0.15) is 5.10 Å². The topological polar surface area (TPSA) is 90.9 Å². The molecule has 0 saturated heterocycles. The summed E-state index contributed by atoms with van der Waals surface area (Å²) in [7, 11) is 4.60. The van der Waals surface area contributed by atoms with Crippen LogP contribution in [0.25, 0.3) is 0 Å². The third kappa shape index (κ3) is 4.72. The Kier molecular flexibility index (Phi) is 6.68. The van der Waals surface area contributed by atoms with Gasteiger partial charge in [0.25, 0.3) is 5.91 Å². The maximum Gasteiger partial charge on any atom is 0.275 e. The number of benzene rings is 1. The van der Waals surface area contributed by atoms with Crippen molar-refractivity contribution in [3.05, 3.63) is 77.9 Å². The number of nitrogens with one attached hydrogen (secondary N) is 1. The Bertz CT molecular complexity index is 1090. The maximum atomic E-state index is 12.8. The number of rotatable bonds is 8. The average molecular weight is 451 g/mol. The van der Waals surface area contributed by atoms with Crippen LogP contribution in [0.4, 0.5) is 0 Å². The van der Waals surface area contributed by atoms with Crippen molar-refractivity contribution in [3.8, 4) is 17.2 Å². The lowest BCUT2D eigenvalue weighted by atomic mass is 10.0. The number of ether oxygens (including phenoxy) is 5. The molecule has 0 fully saturated rings. The minimum atomic E-state index is -0.339. The van der Waals surface area contributed by atoms with E-state index in [0.29, 0.717) is 46.5 Å². The number of methoxy groups -OCH3 is 3. The zero-order valence-corrected chi connectivity index (χ0v) is 18.7. The van der Waals surface area contributed by atoms with Crippen LogP contribution >= 0.6 is 0 Å². The first-order chi connectivity index (χ1) is 16.1. The second-order valence-corrected chi connectivity index (χ2v) is 7.26. The molecule has 0 spiro atoms. The molecule has 1 aromatic rings. The summed E-state index contributed by atoms with van der Waals surface area (Å²) in [5.74, 6) is 1.48. The third-order valence-electron chi connectivity index (χ3n) is 5.24. The van der Waals surface area contributed by atoms with Crippen molar-refractivity contribution in [1.29, 1.82) is 0 Å². The Morgan fingerprint density at radius 3 is 2.55 bits per heavy atom. The Labute approximate surface area is 191 Å². The standard InChI is InChI=1S/C24H25N3O6/c1-29-19-11-17(12-20(30-2)23(19)31-3)22-18(24(28)26-25-22)14-27(21-15-32-9-10-33-21)13-16-7-5-4-6-8-16/h4-5,7,9-12,14-15H,6,8,13H2,1-3H3,(H,26,28). The van der Waals surface area contributed by atoms with Gasteiger partial charge in [0, 0.05) is 18.3 Å². The molecule has 3 aliphatic rings. The van der Waals surface area contributed by atoms with Crippen LogP contribution in [-0.2, 0) is 14.3 Å². The van der Waals surface area contributed by atoms with Gasteiger partial charge in [0.2, 0.25) is 11.6 Å². The van der Waals surface area contributed by atoms with Crippen LogP contribution in [0, 0.1) is 0 Å². The highest BCUT2D eigenvalue weighted by molar-refractivity contribution is 6.31. The van der Waals surface area contributed by atoms with Gasteiger partial charge in [-0.1, -0.05) is 23.8 Å². The van der Waals surface area contributed by atoms with Crippen LogP contribution in [-0.4, -0.2) is 44.4 Å². The van der Waals surface area contributed by atoms with Gasteiger partial charge in [-0.25, -0.2) is 5.43 Å². The zero-order valence-electron chi connectivity index (χ0n) is 18.7. The lowest BCUT2D eigenvalue weighted by Crippen LogP contribution is -2.25. The maximum absolute atomic E-state index is 12.8. The average Bonchev–Trinajstić information content (AvgIpc) is 3.23. The van der Waals surface area contributed by atoms with Gasteiger partial charge in [0.05, 0.1) is 26.9 Å². The molecule has 9 nitrogen and oxygen atoms in total. The Hall–Kier alpha value is -4.14. The van der Waals surface area contributed by atoms with Crippen LogP contribution in [0.5, 0.6) is 17.2 Å². The summed E-state index contributed by atoms with van der Waals surface area (Å²) in [5, 5.41) is 4.26. The van der Waals surface area contributed by atoms with Gasteiger partial charge in [-0.3, -0.25) is 4.79 Å². The largest absolute Gasteiger partial charge is 0.493 e. The van der Waals surface area contributed by atoms with E-state index in [1.807, 2.05) is 11.0 Å². The predicted octanol–water partition coefficient (Wildman–Crippen LogP) is 3.33. The van der Waals surface area contributed by atoms with Gasteiger partial charge in [0.1, 0.15) is 18.2 Å². The number of nitrogens with zero attached hydrogens (tertiary/aromatic N) is 2. The minimum absolute atomic E-state index is 0.339. The minimum Gasteiger partial charge on any atom is -0.493 e. The van der Waals surface area contributed by atoms with Crippen LogP contribution < -0.4 is 19.6 Å². The summed E-state index contributed by atoms with van der Waals surface area (Å²) in [6.07, 6.45) is 14.2. The molecule has 1 amide bonds. The van der Waals surface area contributed by atoms with Gasteiger partial charge in [-0.05, 0) is 25.0 Å². The van der Waals surface area contributed by atoms with Crippen molar-refractivity contribution >= 4 is 11.6 Å². The van der Waals surface area contributed by atoms with Crippen LogP contribution in [0.2, 0.25) is 0 Å². The normalized spacial score (nSPS) is 18.0. The smallest absolute Gasteiger partial charge is 0.275 e. The first-order valence-electron chi connectivity index (χ1n) is 10.3. The molecule has 9 heteroatoms. The molecule has 0 unspecified atom stereocenters. The molecule has 172 valence electrons. The van der Waals surface area contributed by atoms with E-state index in [0.717, 1.165) is 12.8 Å². The van der Waals surface area contributed by atoms with E-state index in [1.54, 1.807) is 18.3 Å². The molecule has 0 radical (unpaired) electrons. The summed E-state index contributed by atoms with van der Waals surface area (Å²) in [5.41, 5.74) is 5.16. The number of hydrogen-bond acceptors (Lipinski definition) is 8. The lowest BCUT2D eigenvalue weighted by Gasteiger charge is -2.25. The van der Waals surface area contributed by atoms with Crippen LogP contribution in [0.3, 0.4) is 0 Å². The van der Waals surface area contributed by atoms with E-state index in [-0.39, 0.29) is 5.91 Å². The summed E-state index contributed by atoms with van der Waals surface area (Å²) < 4.78 is 27.2. The van der Waals surface area contributed by atoms with Gasteiger partial charge in [0.15, 0.2) is 17.8 Å². The molecule has 2 heterocycles. The molecule has 0 bridgehead atoms. The van der Waals surface area contributed by atoms with E-state index in [4.69, 9.17) is 23.7 Å². The molecule has 0 atom stereocenters. The highest BCUT2D eigenvalue weighted by Gasteiger charge is 2.28. The number of hydrazone groups is 1. The fourth-order valence-electron chi connectivity index (χ4n) is 3.63. The second kappa shape index (κ2) is 9.99. The van der Waals surface area contributed by atoms with Crippen molar-refractivity contribution in [2.45, 2.75) is 12.8 Å². The Morgan fingerprint density at radius 2 is 1.94 bits per heavy atom. The molecule has 1 N–H and O–H groups in total. The van der Waals surface area contributed by atoms with Crippen molar-refractivity contribution < 1.29 is 28.5 Å². The molecule has 2 aliphatic heterocycles. The quantitative estimate of drug-likeness (QED) is 0.607. The van der Waals surface area contributed by atoms with Crippen molar-refractivity contribution in [2.24, 2.45) is 5.10 Å². The number of hydrogen-bond donors (Lipinski definition) is 1. The fraction of sp³-hybridized carbons (Fsp3) is 0.250. The highest BCUT2D eigenvalue weighted by atomic mass is 16.5. The molecule has 4 rings (SSSR count). The zero-order chi connectivity index (χ0) is 23.2. The number of carbonyl (C=O) groups excluding carboxylic acids is 1. The summed E-state index contributed by atoms with van der Waals surface area (Å²) >= 11 is 0. The van der Waals surface area contributed by atoms with Crippen molar-refractivity contribution in [3.63, 3.8) is 0 Å². The van der Waals surface area contributed by atoms with E-state index in [2.05, 4.69) is 22.7 Å². The summed E-state index contributed by atoms with van der Waals surface area (Å²) in [6.45, 7) is 0.521. The number of carbonyl (C=O) groups is 1. The van der Waals surface area contributed by atoms with Crippen molar-refractivity contribution in [2.75, 3.05) is 27.9 Å². The predicted molar refractivity (Wildman–Crippen MR) is 121 cm³/mol. The summed E-state index contributed by atoms with van der Waals surface area (Å²) in [6, 6.07) is 3.49.